The van der Waals surface area contributed by atoms with Gasteiger partial charge in [0.2, 0.25) is 5.91 Å². The van der Waals surface area contributed by atoms with Crippen LogP contribution in [0.2, 0.25) is 0 Å². The Hall–Kier alpha value is -0.860. The molecule has 1 heterocycles. The summed E-state index contributed by atoms with van der Waals surface area (Å²) >= 11 is 0. The third kappa shape index (κ3) is 0.960. The van der Waals surface area contributed by atoms with Crippen molar-refractivity contribution in [3.63, 3.8) is 0 Å². The molecule has 2 atom stereocenters. The summed E-state index contributed by atoms with van der Waals surface area (Å²) in [5, 5.41) is 2.72. The SMILES string of the molecule is O=C1CNC(=O)C2(C1)CC1CC1C2. The van der Waals surface area contributed by atoms with E-state index in [-0.39, 0.29) is 23.7 Å². The molecule has 1 N–H and O–H groups in total. The fourth-order valence-electron chi connectivity index (χ4n) is 3.11. The second-order valence-electron chi connectivity index (χ2n) is 4.84. The van der Waals surface area contributed by atoms with Gasteiger partial charge < -0.3 is 5.32 Å². The van der Waals surface area contributed by atoms with Crippen molar-refractivity contribution in [2.24, 2.45) is 17.3 Å². The molecule has 3 rings (SSSR count). The quantitative estimate of drug-likeness (QED) is 0.588. The maximum atomic E-state index is 11.7. The molecule has 3 heteroatoms. The van der Waals surface area contributed by atoms with E-state index >= 15 is 0 Å². The molecular formula is C10H13NO2. The number of hydrogen-bond donors (Lipinski definition) is 1. The zero-order valence-electron chi connectivity index (χ0n) is 7.51. The zero-order valence-corrected chi connectivity index (χ0v) is 7.51. The topological polar surface area (TPSA) is 46.2 Å². The molecule has 1 saturated heterocycles. The minimum atomic E-state index is -0.275. The van der Waals surface area contributed by atoms with Crippen LogP contribution >= 0.6 is 0 Å². The smallest absolute Gasteiger partial charge is 0.227 e. The lowest BCUT2D eigenvalue weighted by atomic mass is 9.75. The lowest BCUT2D eigenvalue weighted by Crippen LogP contribution is -2.49. The molecule has 70 valence electrons. The molecule has 0 radical (unpaired) electrons. The van der Waals surface area contributed by atoms with Crippen LogP contribution in [0, 0.1) is 17.3 Å². The van der Waals surface area contributed by atoms with Gasteiger partial charge in [-0.3, -0.25) is 9.59 Å². The zero-order chi connectivity index (χ0) is 9.05. The van der Waals surface area contributed by atoms with Crippen molar-refractivity contribution in [3.8, 4) is 0 Å². The molecule has 2 unspecified atom stereocenters. The number of ketones is 1. The van der Waals surface area contributed by atoms with Gasteiger partial charge >= 0.3 is 0 Å². The van der Waals surface area contributed by atoms with E-state index in [1.54, 1.807) is 0 Å². The highest BCUT2D eigenvalue weighted by molar-refractivity contribution is 5.97. The lowest BCUT2D eigenvalue weighted by Gasteiger charge is -2.32. The summed E-state index contributed by atoms with van der Waals surface area (Å²) in [5.74, 6) is 1.87. The normalized spacial score (nSPS) is 47.7. The van der Waals surface area contributed by atoms with Crippen molar-refractivity contribution in [2.45, 2.75) is 25.7 Å². The molecular weight excluding hydrogens is 166 g/mol. The van der Waals surface area contributed by atoms with Crippen molar-refractivity contribution in [1.82, 2.24) is 5.32 Å². The average Bonchev–Trinajstić information content (AvgIpc) is 2.69. The van der Waals surface area contributed by atoms with Gasteiger partial charge in [0.15, 0.2) is 5.78 Å². The van der Waals surface area contributed by atoms with Crippen molar-refractivity contribution in [3.05, 3.63) is 0 Å². The highest BCUT2D eigenvalue weighted by Crippen LogP contribution is 2.61. The fourth-order valence-corrected chi connectivity index (χ4v) is 3.11. The Morgan fingerprint density at radius 2 is 1.92 bits per heavy atom. The standard InChI is InChI=1S/C10H13NO2/c12-8-4-10(9(13)11-5-8)2-6-1-7(6)3-10/h6-7H,1-5H2,(H,11,13). The van der Waals surface area contributed by atoms with Crippen LogP contribution in [-0.2, 0) is 9.59 Å². The third-order valence-corrected chi connectivity index (χ3v) is 3.84. The Bertz CT molecular complexity index is 287. The molecule has 0 aromatic carbocycles. The lowest BCUT2D eigenvalue weighted by molar-refractivity contribution is -0.140. The molecule has 1 amide bonds. The van der Waals surface area contributed by atoms with Gasteiger partial charge in [0, 0.05) is 6.42 Å². The van der Waals surface area contributed by atoms with Crippen LogP contribution in [0.5, 0.6) is 0 Å². The highest BCUT2D eigenvalue weighted by Gasteiger charge is 2.58. The van der Waals surface area contributed by atoms with E-state index in [0.717, 1.165) is 24.7 Å². The molecule has 3 aliphatic rings. The first-order valence-corrected chi connectivity index (χ1v) is 5.00. The van der Waals surface area contributed by atoms with Crippen LogP contribution < -0.4 is 5.32 Å². The Balaban J connectivity index is 1.87. The Morgan fingerprint density at radius 3 is 2.62 bits per heavy atom. The summed E-state index contributed by atoms with van der Waals surface area (Å²) in [6.07, 6.45) is 3.74. The summed E-state index contributed by atoms with van der Waals surface area (Å²) in [5.41, 5.74) is -0.275. The number of fused-ring (bicyclic) bond motifs is 1. The molecule has 0 aromatic heterocycles. The number of rotatable bonds is 0. The van der Waals surface area contributed by atoms with Gasteiger partial charge in [0.05, 0.1) is 12.0 Å². The van der Waals surface area contributed by atoms with Crippen molar-refractivity contribution in [2.75, 3.05) is 6.54 Å². The molecule has 0 bridgehead atoms. The van der Waals surface area contributed by atoms with Crippen molar-refractivity contribution >= 4 is 11.7 Å². The second-order valence-corrected chi connectivity index (χ2v) is 4.84. The maximum Gasteiger partial charge on any atom is 0.227 e. The number of nitrogens with one attached hydrogen (secondary N) is 1. The fraction of sp³-hybridized carbons (Fsp3) is 0.800. The monoisotopic (exact) mass is 179 g/mol. The number of amides is 1. The first-order valence-electron chi connectivity index (χ1n) is 5.00. The summed E-state index contributed by atoms with van der Waals surface area (Å²) < 4.78 is 0. The number of piperidine rings is 1. The number of carbonyl (C=O) groups excluding carboxylic acids is 2. The Labute approximate surface area is 76.9 Å². The maximum absolute atomic E-state index is 11.7. The number of carbonyl (C=O) groups is 2. The number of Topliss-reactive ketones (excluding diaryl/α,β-unsaturated/α-hetero) is 1. The van der Waals surface area contributed by atoms with Gasteiger partial charge in [-0.25, -0.2) is 0 Å². The highest BCUT2D eigenvalue weighted by atomic mass is 16.2. The summed E-state index contributed by atoms with van der Waals surface area (Å²) in [6.45, 7) is 0.260. The minimum absolute atomic E-state index is 0.138. The van der Waals surface area contributed by atoms with E-state index < -0.39 is 0 Å². The molecule has 3 fully saturated rings. The third-order valence-electron chi connectivity index (χ3n) is 3.84. The molecule has 3 nitrogen and oxygen atoms in total. The first kappa shape index (κ1) is 7.54. The first-order chi connectivity index (χ1) is 6.20. The van der Waals surface area contributed by atoms with E-state index in [0.29, 0.717) is 6.42 Å². The van der Waals surface area contributed by atoms with E-state index in [1.165, 1.54) is 6.42 Å². The Kier molecular flexibility index (Phi) is 1.24. The average molecular weight is 179 g/mol. The van der Waals surface area contributed by atoms with Crippen LogP contribution in [0.4, 0.5) is 0 Å². The van der Waals surface area contributed by atoms with Gasteiger partial charge in [0.25, 0.3) is 0 Å². The summed E-state index contributed by atoms with van der Waals surface area (Å²) in [6, 6.07) is 0. The van der Waals surface area contributed by atoms with Crippen molar-refractivity contribution in [1.29, 1.82) is 0 Å². The molecule has 2 saturated carbocycles. The van der Waals surface area contributed by atoms with Crippen LogP contribution in [0.25, 0.3) is 0 Å². The van der Waals surface area contributed by atoms with Crippen LogP contribution in [0.1, 0.15) is 25.7 Å². The van der Waals surface area contributed by atoms with E-state index in [4.69, 9.17) is 0 Å². The van der Waals surface area contributed by atoms with E-state index in [1.807, 2.05) is 0 Å². The Morgan fingerprint density at radius 1 is 1.23 bits per heavy atom. The van der Waals surface area contributed by atoms with Crippen LogP contribution in [0.15, 0.2) is 0 Å². The van der Waals surface area contributed by atoms with E-state index in [9.17, 15) is 9.59 Å². The van der Waals surface area contributed by atoms with Gasteiger partial charge in [-0.15, -0.1) is 0 Å². The minimum Gasteiger partial charge on any atom is -0.349 e. The van der Waals surface area contributed by atoms with Crippen LogP contribution in [-0.4, -0.2) is 18.2 Å². The van der Waals surface area contributed by atoms with E-state index in [2.05, 4.69) is 5.32 Å². The predicted octanol–water partition coefficient (Wildman–Crippen LogP) is 0.492. The second kappa shape index (κ2) is 2.14. The van der Waals surface area contributed by atoms with Gasteiger partial charge in [0.1, 0.15) is 0 Å². The van der Waals surface area contributed by atoms with Gasteiger partial charge in [-0.1, -0.05) is 0 Å². The molecule has 0 aromatic rings. The van der Waals surface area contributed by atoms with Gasteiger partial charge in [-0.2, -0.15) is 0 Å². The largest absolute Gasteiger partial charge is 0.349 e. The summed E-state index contributed by atoms with van der Waals surface area (Å²) in [4.78, 5) is 22.9. The molecule has 13 heavy (non-hydrogen) atoms. The summed E-state index contributed by atoms with van der Waals surface area (Å²) in [7, 11) is 0. The number of hydrogen-bond acceptors (Lipinski definition) is 2. The molecule has 1 spiro atoms. The molecule has 1 aliphatic heterocycles. The van der Waals surface area contributed by atoms with Gasteiger partial charge in [-0.05, 0) is 31.1 Å². The predicted molar refractivity (Wildman–Crippen MR) is 45.9 cm³/mol. The van der Waals surface area contributed by atoms with Crippen molar-refractivity contribution < 1.29 is 9.59 Å². The molecule has 2 aliphatic carbocycles. The van der Waals surface area contributed by atoms with Crippen LogP contribution in [0.3, 0.4) is 0 Å².